The van der Waals surface area contributed by atoms with Crippen LogP contribution in [-0.2, 0) is 16.1 Å². The molecular formula is C16H15ClO2. The molecule has 3 heteroatoms. The molecule has 0 N–H and O–H groups in total. The number of benzene rings is 2. The molecule has 0 aliphatic heterocycles. The highest BCUT2D eigenvalue weighted by molar-refractivity contribution is 6.18. The van der Waals surface area contributed by atoms with Gasteiger partial charge in [0.15, 0.2) is 0 Å². The summed E-state index contributed by atoms with van der Waals surface area (Å²) in [5, 5.41) is 0. The Kier molecular flexibility index (Phi) is 4.99. The average molecular weight is 275 g/mol. The fourth-order valence-electron chi connectivity index (χ4n) is 1.74. The maximum absolute atomic E-state index is 11.2. The molecule has 0 saturated heterocycles. The molecule has 0 spiro atoms. The van der Waals surface area contributed by atoms with E-state index in [1.165, 1.54) is 5.56 Å². The number of hydrogen-bond acceptors (Lipinski definition) is 2. The minimum atomic E-state index is -0.262. The first-order chi connectivity index (χ1) is 9.29. The van der Waals surface area contributed by atoms with E-state index in [0.717, 1.165) is 11.1 Å². The first-order valence-electron chi connectivity index (χ1n) is 6.15. The number of carbonyl (C=O) groups is 1. The van der Waals surface area contributed by atoms with Crippen molar-refractivity contribution in [2.45, 2.75) is 13.0 Å². The molecule has 0 aromatic heterocycles. The highest BCUT2D eigenvalue weighted by Crippen LogP contribution is 2.19. The van der Waals surface area contributed by atoms with Crippen molar-refractivity contribution in [3.8, 4) is 11.1 Å². The van der Waals surface area contributed by atoms with Gasteiger partial charge >= 0.3 is 5.97 Å². The number of halogens is 1. The Labute approximate surface area is 118 Å². The summed E-state index contributed by atoms with van der Waals surface area (Å²) in [5.41, 5.74) is 3.30. The second kappa shape index (κ2) is 6.95. The van der Waals surface area contributed by atoms with E-state index < -0.39 is 0 Å². The summed E-state index contributed by atoms with van der Waals surface area (Å²) in [4.78, 5) is 11.2. The molecule has 2 rings (SSSR count). The Bertz CT molecular complexity index is 520. The minimum absolute atomic E-state index is 0.254. The summed E-state index contributed by atoms with van der Waals surface area (Å²) in [5.74, 6) is 0.0355. The molecule has 98 valence electrons. The van der Waals surface area contributed by atoms with Gasteiger partial charge in [0.1, 0.15) is 6.61 Å². The molecule has 2 aromatic rings. The zero-order valence-corrected chi connectivity index (χ0v) is 11.3. The Morgan fingerprint density at radius 2 is 1.58 bits per heavy atom. The van der Waals surface area contributed by atoms with Gasteiger partial charge in [-0.2, -0.15) is 0 Å². The van der Waals surface area contributed by atoms with Gasteiger partial charge in [-0.05, 0) is 16.7 Å². The van der Waals surface area contributed by atoms with E-state index in [-0.39, 0.29) is 12.4 Å². The Hall–Kier alpha value is -1.80. The SMILES string of the molecule is O=C(CCCl)OCc1ccc(-c2ccccc2)cc1. The van der Waals surface area contributed by atoms with Gasteiger partial charge in [-0.15, -0.1) is 11.6 Å². The molecule has 0 aliphatic carbocycles. The number of ether oxygens (including phenoxy) is 1. The lowest BCUT2D eigenvalue weighted by Crippen LogP contribution is -2.04. The van der Waals surface area contributed by atoms with Gasteiger partial charge in [0.25, 0.3) is 0 Å². The predicted molar refractivity (Wildman–Crippen MR) is 77.0 cm³/mol. The Balaban J connectivity index is 1.97. The molecule has 0 bridgehead atoms. The van der Waals surface area contributed by atoms with Gasteiger partial charge in [0.2, 0.25) is 0 Å². The fraction of sp³-hybridized carbons (Fsp3) is 0.188. The summed E-state index contributed by atoms with van der Waals surface area (Å²) >= 11 is 5.47. The second-order valence-corrected chi connectivity index (χ2v) is 4.54. The topological polar surface area (TPSA) is 26.3 Å². The van der Waals surface area contributed by atoms with Crippen LogP contribution >= 0.6 is 11.6 Å². The number of carbonyl (C=O) groups excluding carboxylic acids is 1. The van der Waals surface area contributed by atoms with Crippen molar-refractivity contribution in [1.29, 1.82) is 0 Å². The molecule has 0 saturated carbocycles. The predicted octanol–water partition coefficient (Wildman–Crippen LogP) is 4.03. The number of hydrogen-bond donors (Lipinski definition) is 0. The van der Waals surface area contributed by atoms with E-state index >= 15 is 0 Å². The first-order valence-corrected chi connectivity index (χ1v) is 6.69. The summed E-state index contributed by atoms with van der Waals surface area (Å²) in [6, 6.07) is 18.1. The van der Waals surface area contributed by atoms with Crippen LogP contribution in [0.3, 0.4) is 0 Å². The zero-order chi connectivity index (χ0) is 13.5. The van der Waals surface area contributed by atoms with E-state index in [1.807, 2.05) is 42.5 Å². The maximum Gasteiger partial charge on any atom is 0.307 e. The average Bonchev–Trinajstić information content (AvgIpc) is 2.47. The van der Waals surface area contributed by atoms with Gasteiger partial charge in [-0.3, -0.25) is 4.79 Å². The lowest BCUT2D eigenvalue weighted by molar-refractivity contribution is -0.144. The third kappa shape index (κ3) is 4.11. The van der Waals surface area contributed by atoms with Gasteiger partial charge in [0, 0.05) is 5.88 Å². The molecule has 0 amide bonds. The van der Waals surface area contributed by atoms with Crippen molar-refractivity contribution in [3.05, 3.63) is 60.2 Å². The molecular weight excluding hydrogens is 260 g/mol. The standard InChI is InChI=1S/C16H15ClO2/c17-11-10-16(18)19-12-13-6-8-15(9-7-13)14-4-2-1-3-5-14/h1-9H,10-12H2. The van der Waals surface area contributed by atoms with Crippen molar-refractivity contribution < 1.29 is 9.53 Å². The van der Waals surface area contributed by atoms with Gasteiger partial charge in [0.05, 0.1) is 6.42 Å². The first kappa shape index (κ1) is 13.6. The van der Waals surface area contributed by atoms with Crippen LogP contribution in [0.2, 0.25) is 0 Å². The van der Waals surface area contributed by atoms with Gasteiger partial charge in [-0.25, -0.2) is 0 Å². The van der Waals surface area contributed by atoms with Crippen molar-refractivity contribution in [1.82, 2.24) is 0 Å². The van der Waals surface area contributed by atoms with Crippen LogP contribution in [0.5, 0.6) is 0 Å². The monoisotopic (exact) mass is 274 g/mol. The smallest absolute Gasteiger partial charge is 0.307 e. The second-order valence-electron chi connectivity index (χ2n) is 4.16. The van der Waals surface area contributed by atoms with E-state index in [2.05, 4.69) is 12.1 Å². The molecule has 2 nitrogen and oxygen atoms in total. The van der Waals surface area contributed by atoms with Crippen molar-refractivity contribution in [3.63, 3.8) is 0 Å². The van der Waals surface area contributed by atoms with Crippen LogP contribution in [0.4, 0.5) is 0 Å². The molecule has 0 heterocycles. The van der Waals surface area contributed by atoms with E-state index in [4.69, 9.17) is 16.3 Å². The minimum Gasteiger partial charge on any atom is -0.461 e. The largest absolute Gasteiger partial charge is 0.461 e. The fourth-order valence-corrected chi connectivity index (χ4v) is 1.89. The molecule has 0 radical (unpaired) electrons. The molecule has 0 aliphatic rings. The van der Waals surface area contributed by atoms with Gasteiger partial charge < -0.3 is 4.74 Å². The van der Waals surface area contributed by atoms with Crippen molar-refractivity contribution in [2.75, 3.05) is 5.88 Å². The molecule has 0 unspecified atom stereocenters. The number of alkyl halides is 1. The lowest BCUT2D eigenvalue weighted by atomic mass is 10.0. The molecule has 0 fully saturated rings. The molecule has 19 heavy (non-hydrogen) atoms. The van der Waals surface area contributed by atoms with E-state index in [1.54, 1.807) is 0 Å². The quantitative estimate of drug-likeness (QED) is 0.608. The summed E-state index contributed by atoms with van der Waals surface area (Å²) in [6.45, 7) is 0.296. The highest BCUT2D eigenvalue weighted by atomic mass is 35.5. The highest BCUT2D eigenvalue weighted by Gasteiger charge is 2.02. The maximum atomic E-state index is 11.2. The van der Waals surface area contributed by atoms with Crippen LogP contribution in [-0.4, -0.2) is 11.8 Å². The summed E-state index contributed by atoms with van der Waals surface area (Å²) < 4.78 is 5.09. The zero-order valence-electron chi connectivity index (χ0n) is 10.5. The number of esters is 1. The Morgan fingerprint density at radius 1 is 0.947 bits per heavy atom. The van der Waals surface area contributed by atoms with E-state index in [0.29, 0.717) is 12.5 Å². The van der Waals surface area contributed by atoms with Crippen molar-refractivity contribution in [2.24, 2.45) is 0 Å². The molecule has 2 aromatic carbocycles. The number of rotatable bonds is 5. The van der Waals surface area contributed by atoms with E-state index in [9.17, 15) is 4.79 Å². The Morgan fingerprint density at radius 3 is 2.21 bits per heavy atom. The van der Waals surface area contributed by atoms with Gasteiger partial charge in [-0.1, -0.05) is 54.6 Å². The van der Waals surface area contributed by atoms with Crippen LogP contribution < -0.4 is 0 Å². The third-order valence-electron chi connectivity index (χ3n) is 2.76. The van der Waals surface area contributed by atoms with Crippen LogP contribution in [0.15, 0.2) is 54.6 Å². The normalized spacial score (nSPS) is 10.2. The van der Waals surface area contributed by atoms with Crippen molar-refractivity contribution >= 4 is 17.6 Å². The third-order valence-corrected chi connectivity index (χ3v) is 2.95. The van der Waals surface area contributed by atoms with Crippen LogP contribution in [0.1, 0.15) is 12.0 Å². The van der Waals surface area contributed by atoms with Crippen LogP contribution in [0.25, 0.3) is 11.1 Å². The van der Waals surface area contributed by atoms with Crippen LogP contribution in [0, 0.1) is 0 Å². The lowest BCUT2D eigenvalue weighted by Gasteiger charge is -2.05. The summed E-state index contributed by atoms with van der Waals surface area (Å²) in [7, 11) is 0. The molecule has 0 atom stereocenters. The summed E-state index contributed by atoms with van der Waals surface area (Å²) in [6.07, 6.45) is 0.254.